The van der Waals surface area contributed by atoms with Gasteiger partial charge in [-0.3, -0.25) is 0 Å². The maximum absolute atomic E-state index is 12.1. The van der Waals surface area contributed by atoms with Crippen LogP contribution in [0.4, 0.5) is 4.79 Å². The summed E-state index contributed by atoms with van der Waals surface area (Å²) in [5.41, 5.74) is 0. The first-order valence-electron chi connectivity index (χ1n) is 6.77. The summed E-state index contributed by atoms with van der Waals surface area (Å²) in [5, 5.41) is 11.7. The van der Waals surface area contributed by atoms with E-state index in [4.69, 9.17) is 5.11 Å². The highest BCUT2D eigenvalue weighted by atomic mass is 16.4. The number of rotatable bonds is 7. The standard InChI is InChI=1S/C13H24N2O3/c1-4-5-8-15(10-6-7-10)13(18)14-11(9(2)3)12(16)17/h9-11H,4-8H2,1-3H3,(H,14,18)(H,16,17). The third-order valence-electron chi connectivity index (χ3n) is 3.21. The number of carboxylic acids is 1. The van der Waals surface area contributed by atoms with Crippen LogP contribution in [0, 0.1) is 5.92 Å². The molecule has 18 heavy (non-hydrogen) atoms. The first kappa shape index (κ1) is 14.8. The number of aliphatic carboxylic acids is 1. The van der Waals surface area contributed by atoms with Crippen molar-refractivity contribution in [1.29, 1.82) is 0 Å². The van der Waals surface area contributed by atoms with E-state index in [-0.39, 0.29) is 11.9 Å². The van der Waals surface area contributed by atoms with Gasteiger partial charge in [-0.2, -0.15) is 0 Å². The van der Waals surface area contributed by atoms with Crippen molar-refractivity contribution in [1.82, 2.24) is 10.2 Å². The van der Waals surface area contributed by atoms with Gasteiger partial charge in [0.05, 0.1) is 0 Å². The third-order valence-corrected chi connectivity index (χ3v) is 3.21. The Labute approximate surface area is 109 Å². The fourth-order valence-corrected chi connectivity index (χ4v) is 1.89. The Morgan fingerprint density at radius 3 is 2.39 bits per heavy atom. The quantitative estimate of drug-likeness (QED) is 0.732. The zero-order valence-corrected chi connectivity index (χ0v) is 11.5. The van der Waals surface area contributed by atoms with Gasteiger partial charge in [-0.05, 0) is 25.2 Å². The van der Waals surface area contributed by atoms with Crippen molar-refractivity contribution in [3.63, 3.8) is 0 Å². The molecule has 0 aromatic carbocycles. The SMILES string of the molecule is CCCCN(C(=O)NC(C(=O)O)C(C)C)C1CC1. The van der Waals surface area contributed by atoms with E-state index in [1.54, 1.807) is 18.7 Å². The van der Waals surface area contributed by atoms with Crippen LogP contribution in [0.3, 0.4) is 0 Å². The van der Waals surface area contributed by atoms with Gasteiger partial charge >= 0.3 is 12.0 Å². The van der Waals surface area contributed by atoms with E-state index in [1.165, 1.54) is 0 Å². The topological polar surface area (TPSA) is 69.6 Å². The van der Waals surface area contributed by atoms with E-state index in [1.807, 2.05) is 0 Å². The molecule has 104 valence electrons. The molecule has 5 heteroatoms. The van der Waals surface area contributed by atoms with Crippen LogP contribution < -0.4 is 5.32 Å². The molecule has 0 spiro atoms. The number of carboxylic acid groups (broad SMARTS) is 1. The summed E-state index contributed by atoms with van der Waals surface area (Å²) in [5.74, 6) is -1.08. The number of carbonyl (C=O) groups is 2. The average molecular weight is 256 g/mol. The summed E-state index contributed by atoms with van der Waals surface area (Å²) in [6, 6.07) is -0.717. The number of amides is 2. The van der Waals surface area contributed by atoms with E-state index in [9.17, 15) is 9.59 Å². The monoisotopic (exact) mass is 256 g/mol. The first-order chi connectivity index (χ1) is 8.47. The van der Waals surface area contributed by atoms with Gasteiger partial charge in [-0.25, -0.2) is 9.59 Å². The molecule has 0 aliphatic heterocycles. The molecule has 2 amide bonds. The van der Waals surface area contributed by atoms with Crippen LogP contribution in [0.2, 0.25) is 0 Å². The summed E-state index contributed by atoms with van der Waals surface area (Å²) in [4.78, 5) is 25.0. The molecule has 1 saturated carbocycles. The number of unbranched alkanes of at least 4 members (excludes halogenated alkanes) is 1. The highest BCUT2D eigenvalue weighted by Gasteiger charge is 2.34. The molecule has 0 radical (unpaired) electrons. The van der Waals surface area contributed by atoms with Crippen molar-refractivity contribution in [2.45, 2.75) is 58.5 Å². The molecule has 5 nitrogen and oxygen atoms in total. The lowest BCUT2D eigenvalue weighted by molar-refractivity contribution is -0.140. The van der Waals surface area contributed by atoms with Crippen molar-refractivity contribution in [3.05, 3.63) is 0 Å². The van der Waals surface area contributed by atoms with Gasteiger partial charge in [0.25, 0.3) is 0 Å². The summed E-state index contributed by atoms with van der Waals surface area (Å²) in [6.45, 7) is 6.40. The van der Waals surface area contributed by atoms with Gasteiger partial charge in [0.1, 0.15) is 6.04 Å². The van der Waals surface area contributed by atoms with Crippen molar-refractivity contribution in [3.8, 4) is 0 Å². The minimum Gasteiger partial charge on any atom is -0.480 e. The zero-order valence-electron chi connectivity index (χ0n) is 11.5. The highest BCUT2D eigenvalue weighted by Crippen LogP contribution is 2.27. The number of nitrogens with one attached hydrogen (secondary N) is 1. The number of urea groups is 1. The van der Waals surface area contributed by atoms with Crippen LogP contribution >= 0.6 is 0 Å². The zero-order chi connectivity index (χ0) is 13.7. The summed E-state index contributed by atoms with van der Waals surface area (Å²) >= 11 is 0. The van der Waals surface area contributed by atoms with E-state index < -0.39 is 12.0 Å². The van der Waals surface area contributed by atoms with E-state index in [0.29, 0.717) is 6.04 Å². The lowest BCUT2D eigenvalue weighted by Crippen LogP contribution is -2.51. The molecule has 0 heterocycles. The second-order valence-corrected chi connectivity index (χ2v) is 5.29. The van der Waals surface area contributed by atoms with Crippen LogP contribution in [0.1, 0.15) is 46.5 Å². The van der Waals surface area contributed by atoms with E-state index >= 15 is 0 Å². The van der Waals surface area contributed by atoms with Crippen molar-refractivity contribution in [2.75, 3.05) is 6.54 Å². The maximum Gasteiger partial charge on any atom is 0.326 e. The molecule has 1 atom stereocenters. The molecule has 0 saturated heterocycles. The second kappa shape index (κ2) is 6.61. The van der Waals surface area contributed by atoms with Crippen molar-refractivity contribution in [2.24, 2.45) is 5.92 Å². The molecule has 1 fully saturated rings. The van der Waals surface area contributed by atoms with E-state index in [0.717, 1.165) is 32.2 Å². The van der Waals surface area contributed by atoms with Gasteiger partial charge in [0, 0.05) is 12.6 Å². The number of hydrogen-bond donors (Lipinski definition) is 2. The Morgan fingerprint density at radius 2 is 2.00 bits per heavy atom. The van der Waals surface area contributed by atoms with Crippen molar-refractivity contribution < 1.29 is 14.7 Å². The van der Waals surface area contributed by atoms with Crippen LogP contribution in [-0.4, -0.2) is 40.6 Å². The van der Waals surface area contributed by atoms with Crippen LogP contribution in [0.5, 0.6) is 0 Å². The lowest BCUT2D eigenvalue weighted by Gasteiger charge is -2.26. The minimum atomic E-state index is -0.968. The maximum atomic E-state index is 12.1. The molecule has 2 N–H and O–H groups in total. The molecule has 1 aliphatic carbocycles. The second-order valence-electron chi connectivity index (χ2n) is 5.29. The Balaban J connectivity index is 2.56. The Kier molecular flexibility index (Phi) is 5.44. The van der Waals surface area contributed by atoms with E-state index in [2.05, 4.69) is 12.2 Å². The third kappa shape index (κ3) is 4.20. The predicted molar refractivity (Wildman–Crippen MR) is 69.4 cm³/mol. The molecule has 1 unspecified atom stereocenters. The van der Waals surface area contributed by atoms with Gasteiger partial charge in [-0.1, -0.05) is 27.2 Å². The van der Waals surface area contributed by atoms with Gasteiger partial charge in [0.15, 0.2) is 0 Å². The molecular weight excluding hydrogens is 232 g/mol. The van der Waals surface area contributed by atoms with Gasteiger partial charge in [0.2, 0.25) is 0 Å². The van der Waals surface area contributed by atoms with Crippen molar-refractivity contribution >= 4 is 12.0 Å². The fraction of sp³-hybridized carbons (Fsp3) is 0.846. The molecule has 0 bridgehead atoms. The molecule has 0 aromatic rings. The minimum absolute atomic E-state index is 0.112. The lowest BCUT2D eigenvalue weighted by atomic mass is 10.1. The smallest absolute Gasteiger partial charge is 0.326 e. The molecule has 1 aliphatic rings. The molecule has 1 rings (SSSR count). The van der Waals surface area contributed by atoms with Crippen LogP contribution in [0.15, 0.2) is 0 Å². The molecular formula is C13H24N2O3. The summed E-state index contributed by atoms with van der Waals surface area (Å²) in [7, 11) is 0. The summed E-state index contributed by atoms with van der Waals surface area (Å²) in [6.07, 6.45) is 4.07. The summed E-state index contributed by atoms with van der Waals surface area (Å²) < 4.78 is 0. The van der Waals surface area contributed by atoms with Crippen LogP contribution in [-0.2, 0) is 4.79 Å². The molecule has 0 aromatic heterocycles. The predicted octanol–water partition coefficient (Wildman–Crippen LogP) is 2.07. The average Bonchev–Trinajstić information content (AvgIpc) is 3.09. The largest absolute Gasteiger partial charge is 0.480 e. The number of nitrogens with zero attached hydrogens (tertiary/aromatic N) is 1. The number of hydrogen-bond acceptors (Lipinski definition) is 2. The highest BCUT2D eigenvalue weighted by molar-refractivity contribution is 5.83. The van der Waals surface area contributed by atoms with Crippen LogP contribution in [0.25, 0.3) is 0 Å². The van der Waals surface area contributed by atoms with Gasteiger partial charge in [-0.15, -0.1) is 0 Å². The first-order valence-corrected chi connectivity index (χ1v) is 6.77. The Morgan fingerprint density at radius 1 is 1.39 bits per heavy atom. The number of carbonyl (C=O) groups excluding carboxylic acids is 1. The Bertz CT molecular complexity index is 301. The Hall–Kier alpha value is -1.26. The fourth-order valence-electron chi connectivity index (χ4n) is 1.89. The normalized spacial score (nSPS) is 16.4. The van der Waals surface area contributed by atoms with Gasteiger partial charge < -0.3 is 15.3 Å².